The van der Waals surface area contributed by atoms with Crippen LogP contribution in [0, 0.1) is 0 Å². The van der Waals surface area contributed by atoms with Gasteiger partial charge in [0.05, 0.1) is 29.9 Å². The van der Waals surface area contributed by atoms with Crippen molar-refractivity contribution in [3.63, 3.8) is 0 Å². The van der Waals surface area contributed by atoms with Gasteiger partial charge < -0.3 is 14.6 Å². The fraction of sp³-hybridized carbons (Fsp3) is 0.233. The van der Waals surface area contributed by atoms with Gasteiger partial charge in [0.2, 0.25) is 0 Å². The van der Waals surface area contributed by atoms with Crippen molar-refractivity contribution >= 4 is 29.1 Å². The van der Waals surface area contributed by atoms with Crippen LogP contribution in [-0.2, 0) is 14.3 Å². The van der Waals surface area contributed by atoms with Crippen LogP contribution < -0.4 is 9.64 Å². The number of ether oxygens (including phenoxy) is 2. The van der Waals surface area contributed by atoms with Gasteiger partial charge in [0, 0.05) is 11.3 Å². The number of nitrogens with zero attached hydrogens (tertiary/aromatic N) is 1. The monoisotopic (exact) mass is 499 g/mol. The van der Waals surface area contributed by atoms with Crippen LogP contribution in [0.4, 0.5) is 5.69 Å². The first-order valence-electron chi connectivity index (χ1n) is 12.2. The molecule has 1 unspecified atom stereocenters. The number of amides is 1. The first-order valence-corrected chi connectivity index (χ1v) is 12.2. The first-order chi connectivity index (χ1) is 17.8. The molecule has 0 bridgehead atoms. The molecular formula is C30H29NO6. The van der Waals surface area contributed by atoms with Crippen LogP contribution in [0.3, 0.4) is 0 Å². The number of rotatable bonds is 8. The number of aliphatic hydroxyl groups is 1. The number of benzene rings is 3. The Balaban J connectivity index is 1.84. The lowest BCUT2D eigenvalue weighted by atomic mass is 9.95. The Bertz CT molecular complexity index is 1340. The van der Waals surface area contributed by atoms with Gasteiger partial charge in [-0.25, -0.2) is 4.79 Å². The maximum Gasteiger partial charge on any atom is 0.338 e. The number of ketones is 1. The highest BCUT2D eigenvalue weighted by Gasteiger charge is 2.47. The Morgan fingerprint density at radius 3 is 2.35 bits per heavy atom. The second-order valence-corrected chi connectivity index (χ2v) is 8.96. The minimum Gasteiger partial charge on any atom is -0.507 e. The first kappa shape index (κ1) is 25.7. The van der Waals surface area contributed by atoms with Gasteiger partial charge in [0.1, 0.15) is 11.5 Å². The summed E-state index contributed by atoms with van der Waals surface area (Å²) in [6.07, 6.45) is 0.505. The second-order valence-electron chi connectivity index (χ2n) is 8.96. The molecule has 3 aromatic rings. The summed E-state index contributed by atoms with van der Waals surface area (Å²) in [5, 5.41) is 11.3. The number of hydrogen-bond donors (Lipinski definition) is 1. The standard InChI is InChI=1S/C30H29NO6/c1-4-16-36-24-15-9-12-21(18-24)27(32)25-26(20-10-6-5-7-11-20)31(29(34)28(25)33)23-14-8-13-22(17-23)30(35)37-19(2)3/h5-15,17-19,26,32H,4,16H2,1-3H3/b27-25+. The molecule has 0 aliphatic carbocycles. The SMILES string of the molecule is CCCOc1cccc(/C(O)=C2\C(=O)C(=O)N(c3cccc(C(=O)OC(C)C)c3)C2c2ccccc2)c1. The van der Waals surface area contributed by atoms with Crippen molar-refractivity contribution in [2.24, 2.45) is 0 Å². The Labute approximate surface area is 215 Å². The highest BCUT2D eigenvalue weighted by atomic mass is 16.5. The van der Waals surface area contributed by atoms with Gasteiger partial charge in [-0.1, -0.05) is 55.5 Å². The van der Waals surface area contributed by atoms with Crippen molar-refractivity contribution < 1.29 is 29.0 Å². The molecule has 37 heavy (non-hydrogen) atoms. The number of Topliss-reactive ketones (excluding diaryl/α,β-unsaturated/α-hetero) is 1. The van der Waals surface area contributed by atoms with Crippen molar-refractivity contribution in [2.45, 2.75) is 39.3 Å². The molecule has 7 nitrogen and oxygen atoms in total. The summed E-state index contributed by atoms with van der Waals surface area (Å²) in [7, 11) is 0. The average Bonchev–Trinajstić information content (AvgIpc) is 3.17. The average molecular weight is 500 g/mol. The van der Waals surface area contributed by atoms with E-state index in [4.69, 9.17) is 9.47 Å². The van der Waals surface area contributed by atoms with Crippen LogP contribution >= 0.6 is 0 Å². The lowest BCUT2D eigenvalue weighted by molar-refractivity contribution is -0.132. The van der Waals surface area contributed by atoms with E-state index in [2.05, 4.69) is 0 Å². The minimum absolute atomic E-state index is 0.0426. The normalized spacial score (nSPS) is 16.8. The predicted octanol–water partition coefficient (Wildman–Crippen LogP) is 5.67. The molecule has 0 saturated carbocycles. The van der Waals surface area contributed by atoms with Gasteiger partial charge in [0.25, 0.3) is 11.7 Å². The zero-order chi connectivity index (χ0) is 26.5. The number of anilines is 1. The maximum atomic E-state index is 13.4. The molecule has 3 aromatic carbocycles. The molecule has 1 heterocycles. The molecule has 1 saturated heterocycles. The summed E-state index contributed by atoms with van der Waals surface area (Å²) in [6, 6.07) is 21.3. The number of hydrogen-bond acceptors (Lipinski definition) is 6. The molecule has 1 amide bonds. The van der Waals surface area contributed by atoms with E-state index in [1.807, 2.05) is 13.0 Å². The molecule has 0 radical (unpaired) electrons. The molecule has 1 atom stereocenters. The third kappa shape index (κ3) is 5.40. The number of esters is 1. The van der Waals surface area contributed by atoms with Crippen LogP contribution in [0.2, 0.25) is 0 Å². The highest BCUT2D eigenvalue weighted by molar-refractivity contribution is 6.51. The summed E-state index contributed by atoms with van der Waals surface area (Å²) in [5.41, 5.74) is 1.55. The zero-order valence-electron chi connectivity index (χ0n) is 21.0. The van der Waals surface area contributed by atoms with Gasteiger partial charge in [-0.15, -0.1) is 0 Å². The van der Waals surface area contributed by atoms with Gasteiger partial charge in [-0.3, -0.25) is 14.5 Å². The summed E-state index contributed by atoms with van der Waals surface area (Å²) >= 11 is 0. The van der Waals surface area contributed by atoms with Gasteiger partial charge in [-0.2, -0.15) is 0 Å². The lowest BCUT2D eigenvalue weighted by Crippen LogP contribution is -2.29. The van der Waals surface area contributed by atoms with Crippen LogP contribution in [0.1, 0.15) is 54.7 Å². The van der Waals surface area contributed by atoms with E-state index in [0.717, 1.165) is 6.42 Å². The van der Waals surface area contributed by atoms with Gasteiger partial charge >= 0.3 is 5.97 Å². The number of carbonyl (C=O) groups is 3. The van der Waals surface area contributed by atoms with E-state index < -0.39 is 23.7 Å². The maximum absolute atomic E-state index is 13.4. The zero-order valence-corrected chi connectivity index (χ0v) is 21.0. The smallest absolute Gasteiger partial charge is 0.338 e. The molecule has 190 valence electrons. The second kappa shape index (κ2) is 11.1. The van der Waals surface area contributed by atoms with E-state index in [-0.39, 0.29) is 23.0 Å². The van der Waals surface area contributed by atoms with Crippen LogP contribution in [0.5, 0.6) is 5.75 Å². The Morgan fingerprint density at radius 2 is 1.65 bits per heavy atom. The molecule has 1 aliphatic rings. The van der Waals surface area contributed by atoms with Gasteiger partial charge in [-0.05, 0) is 56.2 Å². The minimum atomic E-state index is -0.905. The summed E-state index contributed by atoms with van der Waals surface area (Å²) in [6.45, 7) is 5.99. The van der Waals surface area contributed by atoms with E-state index >= 15 is 0 Å². The molecule has 1 aliphatic heterocycles. The third-order valence-corrected chi connectivity index (χ3v) is 5.84. The predicted molar refractivity (Wildman–Crippen MR) is 140 cm³/mol. The molecule has 4 rings (SSSR count). The Morgan fingerprint density at radius 1 is 0.946 bits per heavy atom. The topological polar surface area (TPSA) is 93.1 Å². The van der Waals surface area contributed by atoms with Crippen molar-refractivity contribution in [1.29, 1.82) is 0 Å². The number of aliphatic hydroxyl groups excluding tert-OH is 1. The van der Waals surface area contributed by atoms with Crippen molar-refractivity contribution in [1.82, 2.24) is 0 Å². The van der Waals surface area contributed by atoms with Gasteiger partial charge in [0.15, 0.2) is 0 Å². The quantitative estimate of drug-likeness (QED) is 0.186. The summed E-state index contributed by atoms with van der Waals surface area (Å²) in [4.78, 5) is 40.6. The highest BCUT2D eigenvalue weighted by Crippen LogP contribution is 2.42. The summed E-state index contributed by atoms with van der Waals surface area (Å²) < 4.78 is 11.0. The Hall–Kier alpha value is -4.39. The van der Waals surface area contributed by atoms with Crippen LogP contribution in [-0.4, -0.2) is 35.5 Å². The number of carbonyl (C=O) groups excluding carboxylic acids is 3. The van der Waals surface area contributed by atoms with Crippen molar-refractivity contribution in [3.8, 4) is 5.75 Å². The van der Waals surface area contributed by atoms with Crippen LogP contribution in [0.15, 0.2) is 84.4 Å². The fourth-order valence-electron chi connectivity index (χ4n) is 4.22. The van der Waals surface area contributed by atoms with E-state index in [0.29, 0.717) is 29.2 Å². The summed E-state index contributed by atoms with van der Waals surface area (Å²) in [5.74, 6) is -1.90. The van der Waals surface area contributed by atoms with E-state index in [1.165, 1.54) is 11.0 Å². The molecule has 1 fully saturated rings. The molecule has 0 aromatic heterocycles. The lowest BCUT2D eigenvalue weighted by Gasteiger charge is -2.26. The van der Waals surface area contributed by atoms with Crippen LogP contribution in [0.25, 0.3) is 5.76 Å². The third-order valence-electron chi connectivity index (χ3n) is 5.84. The van der Waals surface area contributed by atoms with E-state index in [1.54, 1.807) is 80.6 Å². The van der Waals surface area contributed by atoms with Crippen molar-refractivity contribution in [2.75, 3.05) is 11.5 Å². The molecular weight excluding hydrogens is 470 g/mol. The van der Waals surface area contributed by atoms with Crippen molar-refractivity contribution in [3.05, 3.63) is 101 Å². The molecule has 1 N–H and O–H groups in total. The molecule has 7 heteroatoms. The van der Waals surface area contributed by atoms with E-state index in [9.17, 15) is 19.5 Å². The largest absolute Gasteiger partial charge is 0.507 e. The fourth-order valence-corrected chi connectivity index (χ4v) is 4.22. The Kier molecular flexibility index (Phi) is 7.72. The molecule has 0 spiro atoms.